The van der Waals surface area contributed by atoms with Gasteiger partial charge in [-0.15, -0.1) is 0 Å². The fourth-order valence-corrected chi connectivity index (χ4v) is 4.95. The minimum atomic E-state index is -0.940. The lowest BCUT2D eigenvalue weighted by Gasteiger charge is -2.26. The number of benzene rings is 2. The molecule has 0 radical (unpaired) electrons. The van der Waals surface area contributed by atoms with Crippen LogP contribution in [0.1, 0.15) is 60.4 Å². The predicted octanol–water partition coefficient (Wildman–Crippen LogP) is 4.27. The van der Waals surface area contributed by atoms with E-state index in [0.29, 0.717) is 23.3 Å². The van der Waals surface area contributed by atoms with Gasteiger partial charge in [-0.1, -0.05) is 43.4 Å². The van der Waals surface area contributed by atoms with Crippen LogP contribution in [0.15, 0.2) is 60.7 Å². The molecule has 2 aromatic carbocycles. The van der Waals surface area contributed by atoms with Gasteiger partial charge in [-0.25, -0.2) is 9.59 Å². The number of methoxy groups -OCH3 is 1. The van der Waals surface area contributed by atoms with E-state index in [1.165, 1.54) is 7.11 Å². The second-order valence-corrected chi connectivity index (χ2v) is 11.5. The van der Waals surface area contributed by atoms with Gasteiger partial charge >= 0.3 is 11.9 Å². The number of hydrogen-bond donors (Lipinski definition) is 2. The fourth-order valence-electron chi connectivity index (χ4n) is 4.95. The van der Waals surface area contributed by atoms with Crippen LogP contribution >= 0.6 is 0 Å². The standard InChI is InChI=1S/C34H43NO10/c1-21-14-15-27(43-32(37)23-10-7-6-8-11-23)31-28(44-34(3,4)45-31)13-9-12-24-16-26(40-19-25(36)18-35)17-29(41-20-39-5)30(24)33(38)42-22(21)2/h6-12,14-17,21-22,25,27-28,31,36H,13,18-20,35H2,1-5H3/b12-9?,15-14-/t21-,22?,25?,27?,28?,31-/m1/s1. The molecule has 0 aromatic heterocycles. The largest absolute Gasteiger partial charge is 0.491 e. The van der Waals surface area contributed by atoms with Gasteiger partial charge in [-0.2, -0.15) is 0 Å². The summed E-state index contributed by atoms with van der Waals surface area (Å²) >= 11 is 0. The van der Waals surface area contributed by atoms with Crippen molar-refractivity contribution in [2.75, 3.05) is 27.1 Å². The summed E-state index contributed by atoms with van der Waals surface area (Å²) in [5.41, 5.74) is 6.59. The Morgan fingerprint density at radius 3 is 2.58 bits per heavy atom. The average molecular weight is 626 g/mol. The van der Waals surface area contributed by atoms with E-state index in [-0.39, 0.29) is 37.2 Å². The molecule has 0 aliphatic carbocycles. The molecule has 0 bridgehead atoms. The molecule has 11 nitrogen and oxygen atoms in total. The molecule has 2 aliphatic rings. The first-order valence-electron chi connectivity index (χ1n) is 15.0. The quantitative estimate of drug-likeness (QED) is 0.234. The molecular formula is C34H43NO10. The van der Waals surface area contributed by atoms with Crippen LogP contribution in [-0.2, 0) is 23.7 Å². The molecule has 2 aliphatic heterocycles. The molecule has 0 amide bonds. The molecule has 6 atom stereocenters. The Kier molecular flexibility index (Phi) is 11.8. The molecule has 2 heterocycles. The summed E-state index contributed by atoms with van der Waals surface area (Å²) in [5.74, 6) is -1.77. The van der Waals surface area contributed by atoms with Crippen LogP contribution in [0, 0.1) is 5.92 Å². The van der Waals surface area contributed by atoms with Gasteiger partial charge in [-0.3, -0.25) is 0 Å². The number of hydrogen-bond acceptors (Lipinski definition) is 11. The highest BCUT2D eigenvalue weighted by Crippen LogP contribution is 2.36. The third-order valence-corrected chi connectivity index (χ3v) is 7.46. The van der Waals surface area contributed by atoms with E-state index in [1.54, 1.807) is 55.5 Å². The van der Waals surface area contributed by atoms with E-state index in [4.69, 9.17) is 38.9 Å². The van der Waals surface area contributed by atoms with Crippen LogP contribution < -0.4 is 15.2 Å². The topological polar surface area (TPSA) is 145 Å². The molecule has 0 spiro atoms. The van der Waals surface area contributed by atoms with Gasteiger partial charge in [0.2, 0.25) is 0 Å². The van der Waals surface area contributed by atoms with Crippen molar-refractivity contribution in [3.05, 3.63) is 77.4 Å². The Morgan fingerprint density at radius 2 is 1.87 bits per heavy atom. The van der Waals surface area contributed by atoms with Gasteiger partial charge in [0.25, 0.3) is 0 Å². The van der Waals surface area contributed by atoms with Gasteiger partial charge in [0.15, 0.2) is 12.6 Å². The molecule has 4 rings (SSSR count). The first kappa shape index (κ1) is 34.1. The lowest BCUT2D eigenvalue weighted by atomic mass is 9.98. The summed E-state index contributed by atoms with van der Waals surface area (Å²) in [7, 11) is 1.47. The Labute approximate surface area is 263 Å². The van der Waals surface area contributed by atoms with E-state index < -0.39 is 48.2 Å². The summed E-state index contributed by atoms with van der Waals surface area (Å²) in [6.45, 7) is 7.14. The minimum Gasteiger partial charge on any atom is -0.491 e. The van der Waals surface area contributed by atoms with E-state index >= 15 is 0 Å². The number of aliphatic hydroxyl groups is 1. The van der Waals surface area contributed by atoms with Crippen molar-refractivity contribution in [3.8, 4) is 11.5 Å². The van der Waals surface area contributed by atoms with Crippen LogP contribution in [-0.4, -0.2) is 80.4 Å². The first-order valence-corrected chi connectivity index (χ1v) is 15.0. The first-order chi connectivity index (χ1) is 21.5. The SMILES string of the molecule is COCOc1cc(OCC(O)CN)cc2c1C(=O)OC(C)[C@H](C)/C=C\C(OC(=O)c1ccccc1)[C@H]1OC(C)(C)OC1CC=C2. The highest BCUT2D eigenvalue weighted by atomic mass is 16.8. The van der Waals surface area contributed by atoms with E-state index in [9.17, 15) is 14.7 Å². The fraction of sp³-hybridized carbons (Fsp3) is 0.471. The second kappa shape index (κ2) is 15.5. The summed E-state index contributed by atoms with van der Waals surface area (Å²) in [5, 5.41) is 9.94. The monoisotopic (exact) mass is 625 g/mol. The van der Waals surface area contributed by atoms with Gasteiger partial charge < -0.3 is 44.0 Å². The van der Waals surface area contributed by atoms with E-state index in [1.807, 2.05) is 39.0 Å². The van der Waals surface area contributed by atoms with Crippen molar-refractivity contribution in [2.45, 2.75) is 70.4 Å². The Morgan fingerprint density at radius 1 is 1.11 bits per heavy atom. The highest BCUT2D eigenvalue weighted by molar-refractivity contribution is 5.97. The number of fused-ring (bicyclic) bond motifs is 2. The zero-order valence-electron chi connectivity index (χ0n) is 26.3. The van der Waals surface area contributed by atoms with Gasteiger partial charge in [-0.05, 0) is 57.0 Å². The third kappa shape index (κ3) is 9.15. The number of aliphatic hydroxyl groups excluding tert-OH is 1. The number of ether oxygens (including phenoxy) is 7. The van der Waals surface area contributed by atoms with Gasteiger partial charge in [0, 0.05) is 25.6 Å². The van der Waals surface area contributed by atoms with Crippen LogP contribution in [0.2, 0.25) is 0 Å². The van der Waals surface area contributed by atoms with Gasteiger partial charge in [0.05, 0.1) is 11.7 Å². The number of nitrogens with two attached hydrogens (primary N) is 1. The summed E-state index contributed by atoms with van der Waals surface area (Å²) in [6, 6.07) is 11.9. The lowest BCUT2D eigenvalue weighted by molar-refractivity contribution is -0.152. The molecule has 1 saturated heterocycles. The zero-order chi connectivity index (χ0) is 32.6. The maximum atomic E-state index is 13.7. The maximum Gasteiger partial charge on any atom is 0.342 e. The summed E-state index contributed by atoms with van der Waals surface area (Å²) < 4.78 is 41.1. The molecule has 11 heteroatoms. The van der Waals surface area contributed by atoms with Crippen molar-refractivity contribution >= 4 is 18.0 Å². The maximum absolute atomic E-state index is 13.7. The lowest BCUT2D eigenvalue weighted by Crippen LogP contribution is -2.37. The zero-order valence-corrected chi connectivity index (χ0v) is 26.3. The predicted molar refractivity (Wildman–Crippen MR) is 166 cm³/mol. The van der Waals surface area contributed by atoms with Crippen molar-refractivity contribution in [3.63, 3.8) is 0 Å². The third-order valence-electron chi connectivity index (χ3n) is 7.46. The minimum absolute atomic E-state index is 0.0251. The molecule has 45 heavy (non-hydrogen) atoms. The average Bonchev–Trinajstić information content (AvgIpc) is 3.33. The molecule has 2 aromatic rings. The van der Waals surface area contributed by atoms with Crippen molar-refractivity contribution in [2.24, 2.45) is 11.7 Å². The van der Waals surface area contributed by atoms with Crippen LogP contribution in [0.25, 0.3) is 6.08 Å². The number of rotatable bonds is 9. The molecular weight excluding hydrogens is 582 g/mol. The Balaban J connectivity index is 1.74. The summed E-state index contributed by atoms with van der Waals surface area (Å²) in [6.07, 6.45) is 4.19. The molecule has 0 saturated carbocycles. The summed E-state index contributed by atoms with van der Waals surface area (Å²) in [4.78, 5) is 26.8. The van der Waals surface area contributed by atoms with E-state index in [0.717, 1.165) is 0 Å². The molecule has 4 unspecified atom stereocenters. The second-order valence-electron chi connectivity index (χ2n) is 11.5. The number of carbonyl (C=O) groups is 2. The molecule has 1 fully saturated rings. The van der Waals surface area contributed by atoms with Crippen LogP contribution in [0.3, 0.4) is 0 Å². The highest BCUT2D eigenvalue weighted by Gasteiger charge is 2.45. The Hall–Kier alpha value is -3.74. The van der Waals surface area contributed by atoms with Crippen LogP contribution in [0.4, 0.5) is 0 Å². The van der Waals surface area contributed by atoms with Crippen molar-refractivity contribution in [1.82, 2.24) is 0 Å². The van der Waals surface area contributed by atoms with E-state index in [2.05, 4.69) is 0 Å². The van der Waals surface area contributed by atoms with Crippen molar-refractivity contribution in [1.29, 1.82) is 0 Å². The van der Waals surface area contributed by atoms with Crippen molar-refractivity contribution < 1.29 is 47.9 Å². The van der Waals surface area contributed by atoms with Crippen LogP contribution in [0.5, 0.6) is 11.5 Å². The number of cyclic esters (lactones) is 1. The molecule has 244 valence electrons. The number of carbonyl (C=O) groups excluding carboxylic acids is 2. The normalized spacial score (nSPS) is 26.0. The van der Waals surface area contributed by atoms with Gasteiger partial charge in [0.1, 0.15) is 48.1 Å². The number of esters is 2. The Bertz CT molecular complexity index is 1360. The smallest absolute Gasteiger partial charge is 0.342 e. The molecule has 3 N–H and O–H groups in total.